The van der Waals surface area contributed by atoms with Gasteiger partial charge >= 0.3 is 0 Å². The van der Waals surface area contributed by atoms with E-state index in [0.29, 0.717) is 0 Å². The maximum absolute atomic E-state index is 6.25. The van der Waals surface area contributed by atoms with Crippen LogP contribution in [0.15, 0.2) is 181 Å². The van der Waals surface area contributed by atoms with Crippen molar-refractivity contribution in [2.75, 3.05) is 4.90 Å². The Balaban J connectivity index is 1.17. The monoisotopic (exact) mass is 616 g/mol. The van der Waals surface area contributed by atoms with Crippen LogP contribution in [0, 0.1) is 0 Å². The Hall–Kier alpha value is -6.19. The highest BCUT2D eigenvalue weighted by Gasteiger charge is 2.25. The van der Waals surface area contributed by atoms with Gasteiger partial charge in [-0.2, -0.15) is 0 Å². The van der Waals surface area contributed by atoms with Crippen LogP contribution in [0.1, 0.15) is 12.0 Å². The molecule has 2 heterocycles. The molecule has 0 N–H and O–H groups in total. The second-order valence-corrected chi connectivity index (χ2v) is 12.4. The van der Waals surface area contributed by atoms with Crippen LogP contribution < -0.4 is 4.90 Å². The summed E-state index contributed by atoms with van der Waals surface area (Å²) in [5.41, 5.74) is 12.3. The quantitative estimate of drug-likeness (QED) is 0.186. The minimum absolute atomic E-state index is 0.0761. The summed E-state index contributed by atoms with van der Waals surface area (Å²) in [5, 5.41) is 3.31. The predicted molar refractivity (Wildman–Crippen MR) is 200 cm³/mol. The molecule has 9 rings (SSSR count). The van der Waals surface area contributed by atoms with Crippen molar-refractivity contribution in [3.63, 3.8) is 0 Å². The molecule has 0 saturated carbocycles. The number of para-hydroxylation sites is 1. The Morgan fingerprint density at radius 2 is 1.23 bits per heavy atom. The number of hydrogen-bond donors (Lipinski definition) is 0. The molecule has 0 saturated heterocycles. The van der Waals surface area contributed by atoms with E-state index in [1.54, 1.807) is 0 Å². The summed E-state index contributed by atoms with van der Waals surface area (Å²) in [6.07, 6.45) is 9.59. The lowest BCUT2D eigenvalue weighted by atomic mass is 9.91. The third kappa shape index (κ3) is 5.06. The SMILES string of the molecule is C1=CC(N(c2cccc(-c3ccccc3)c2)c2ccnc3cc4oc5ccccc5c4cc23)CC(c2ccc(-c3ccccc3)cc2)=C1. The van der Waals surface area contributed by atoms with Gasteiger partial charge in [-0.3, -0.25) is 4.98 Å². The fourth-order valence-electron chi connectivity index (χ4n) is 7.10. The Morgan fingerprint density at radius 1 is 0.542 bits per heavy atom. The molecule has 0 spiro atoms. The molecule has 1 unspecified atom stereocenters. The van der Waals surface area contributed by atoms with Crippen molar-refractivity contribution in [1.82, 2.24) is 4.98 Å². The van der Waals surface area contributed by atoms with Gasteiger partial charge in [0.25, 0.3) is 0 Å². The van der Waals surface area contributed by atoms with Crippen molar-refractivity contribution >= 4 is 49.8 Å². The molecule has 3 heteroatoms. The first-order chi connectivity index (χ1) is 23.8. The molecule has 2 aromatic heterocycles. The number of anilines is 2. The van der Waals surface area contributed by atoms with Gasteiger partial charge in [-0.25, -0.2) is 0 Å². The first-order valence-electron chi connectivity index (χ1n) is 16.5. The highest BCUT2D eigenvalue weighted by atomic mass is 16.3. The van der Waals surface area contributed by atoms with Gasteiger partial charge in [0, 0.05) is 34.1 Å². The molecule has 8 aromatic rings. The zero-order valence-electron chi connectivity index (χ0n) is 26.3. The van der Waals surface area contributed by atoms with Gasteiger partial charge in [-0.1, -0.05) is 133 Å². The number of fused-ring (bicyclic) bond motifs is 4. The lowest BCUT2D eigenvalue weighted by Gasteiger charge is -2.35. The van der Waals surface area contributed by atoms with Crippen LogP contribution in [0.3, 0.4) is 0 Å². The molecule has 1 atom stereocenters. The van der Waals surface area contributed by atoms with Crippen LogP contribution in [0.25, 0.3) is 60.7 Å². The third-order valence-electron chi connectivity index (χ3n) is 9.46. The zero-order chi connectivity index (χ0) is 31.9. The first-order valence-corrected chi connectivity index (χ1v) is 16.5. The van der Waals surface area contributed by atoms with E-state index < -0.39 is 0 Å². The largest absolute Gasteiger partial charge is 0.456 e. The Bertz CT molecular complexity index is 2470. The lowest BCUT2D eigenvalue weighted by molar-refractivity contribution is 0.669. The van der Waals surface area contributed by atoms with E-state index in [-0.39, 0.29) is 6.04 Å². The van der Waals surface area contributed by atoms with E-state index in [1.165, 1.54) is 33.4 Å². The Labute approximate surface area is 279 Å². The van der Waals surface area contributed by atoms with Gasteiger partial charge in [-0.05, 0) is 70.1 Å². The summed E-state index contributed by atoms with van der Waals surface area (Å²) in [7, 11) is 0. The minimum Gasteiger partial charge on any atom is -0.456 e. The fraction of sp³-hybridized carbons (Fsp3) is 0.0444. The maximum Gasteiger partial charge on any atom is 0.137 e. The minimum atomic E-state index is 0.0761. The summed E-state index contributed by atoms with van der Waals surface area (Å²) >= 11 is 0. The van der Waals surface area contributed by atoms with E-state index in [2.05, 4.69) is 163 Å². The normalized spacial score (nSPS) is 14.4. The molecule has 0 aliphatic heterocycles. The molecular weight excluding hydrogens is 585 g/mol. The topological polar surface area (TPSA) is 29.3 Å². The molecule has 0 fully saturated rings. The summed E-state index contributed by atoms with van der Waals surface area (Å²) in [4.78, 5) is 7.32. The van der Waals surface area contributed by atoms with Gasteiger partial charge in [0.2, 0.25) is 0 Å². The molecular formula is C45H32N2O. The standard InChI is InChI=1S/C45H32N2O/c1-3-11-31(12-4-1)33-21-23-34(24-22-33)36-16-10-18-38(28-36)47(37-17-9-15-35(27-37)32-13-5-2-6-14-32)43-25-26-46-42-30-45-40(29-41(42)43)39-19-7-8-20-44(39)48-45/h1-27,29-30,38H,28H2. The van der Waals surface area contributed by atoms with Crippen LogP contribution in [0.4, 0.5) is 11.4 Å². The number of rotatable bonds is 6. The van der Waals surface area contributed by atoms with Gasteiger partial charge in [0.15, 0.2) is 0 Å². The average molecular weight is 617 g/mol. The average Bonchev–Trinajstić information content (AvgIpc) is 3.53. The van der Waals surface area contributed by atoms with Crippen molar-refractivity contribution in [2.45, 2.75) is 12.5 Å². The number of pyridine rings is 1. The van der Waals surface area contributed by atoms with Gasteiger partial charge in [0.1, 0.15) is 11.2 Å². The molecule has 0 amide bonds. The first kappa shape index (κ1) is 28.1. The van der Waals surface area contributed by atoms with Crippen molar-refractivity contribution in [3.8, 4) is 22.3 Å². The van der Waals surface area contributed by atoms with Crippen molar-refractivity contribution in [1.29, 1.82) is 0 Å². The summed E-state index contributed by atoms with van der Waals surface area (Å²) in [6.45, 7) is 0. The summed E-state index contributed by atoms with van der Waals surface area (Å²) < 4.78 is 6.25. The van der Waals surface area contributed by atoms with Crippen LogP contribution >= 0.6 is 0 Å². The maximum atomic E-state index is 6.25. The molecule has 228 valence electrons. The molecule has 48 heavy (non-hydrogen) atoms. The molecule has 1 aliphatic carbocycles. The highest BCUT2D eigenvalue weighted by Crippen LogP contribution is 2.41. The second kappa shape index (κ2) is 11.9. The summed E-state index contributed by atoms with van der Waals surface area (Å²) in [6, 6.07) is 53.9. The molecule has 0 radical (unpaired) electrons. The number of furan rings is 1. The number of nitrogens with zero attached hydrogens (tertiary/aromatic N) is 2. The van der Waals surface area contributed by atoms with E-state index >= 15 is 0 Å². The van der Waals surface area contributed by atoms with Gasteiger partial charge in [0.05, 0.1) is 17.2 Å². The van der Waals surface area contributed by atoms with E-state index in [1.807, 2.05) is 18.3 Å². The van der Waals surface area contributed by atoms with Crippen LogP contribution in [-0.4, -0.2) is 11.0 Å². The highest BCUT2D eigenvalue weighted by molar-refractivity contribution is 6.11. The van der Waals surface area contributed by atoms with Crippen LogP contribution in [-0.2, 0) is 0 Å². The lowest BCUT2D eigenvalue weighted by Crippen LogP contribution is -2.31. The Kier molecular flexibility index (Phi) is 6.94. The number of hydrogen-bond acceptors (Lipinski definition) is 3. The predicted octanol–water partition coefficient (Wildman–Crippen LogP) is 12.0. The number of aromatic nitrogens is 1. The summed E-state index contributed by atoms with van der Waals surface area (Å²) in [5.74, 6) is 0. The molecule has 1 aliphatic rings. The van der Waals surface area contributed by atoms with Crippen molar-refractivity contribution < 1.29 is 4.42 Å². The Morgan fingerprint density at radius 3 is 2.04 bits per heavy atom. The van der Waals surface area contributed by atoms with Crippen LogP contribution in [0.5, 0.6) is 0 Å². The number of allylic oxidation sites excluding steroid dienone is 2. The van der Waals surface area contributed by atoms with E-state index in [0.717, 1.165) is 50.6 Å². The molecule has 0 bridgehead atoms. The van der Waals surface area contributed by atoms with E-state index in [4.69, 9.17) is 9.40 Å². The molecule has 3 nitrogen and oxygen atoms in total. The molecule has 6 aromatic carbocycles. The van der Waals surface area contributed by atoms with Gasteiger partial charge in [-0.15, -0.1) is 0 Å². The number of benzene rings is 6. The van der Waals surface area contributed by atoms with Crippen molar-refractivity contribution in [2.24, 2.45) is 0 Å². The van der Waals surface area contributed by atoms with Gasteiger partial charge < -0.3 is 9.32 Å². The van der Waals surface area contributed by atoms with E-state index in [9.17, 15) is 0 Å². The van der Waals surface area contributed by atoms with Crippen molar-refractivity contribution in [3.05, 3.63) is 182 Å². The second-order valence-electron chi connectivity index (χ2n) is 12.4. The fourth-order valence-corrected chi connectivity index (χ4v) is 7.10. The third-order valence-corrected chi connectivity index (χ3v) is 9.46. The van der Waals surface area contributed by atoms with Crippen LogP contribution in [0.2, 0.25) is 0 Å². The zero-order valence-corrected chi connectivity index (χ0v) is 26.3. The smallest absolute Gasteiger partial charge is 0.137 e.